The molecule has 198 valence electrons. The molecule has 3 saturated carbocycles. The Morgan fingerprint density at radius 2 is 1.68 bits per heavy atom. The molecule has 0 aromatic carbocycles. The second-order valence-electron chi connectivity index (χ2n) is 13.4. The van der Waals surface area contributed by atoms with Gasteiger partial charge in [-0.15, -0.1) is 0 Å². The van der Waals surface area contributed by atoms with Crippen molar-refractivity contribution in [2.45, 2.75) is 144 Å². The predicted octanol–water partition coefficient (Wildman–Crippen LogP) is 9.57. The van der Waals surface area contributed by atoms with Crippen LogP contribution in [0.4, 0.5) is 4.79 Å². The molecule has 7 atom stereocenters. The lowest BCUT2D eigenvalue weighted by Crippen LogP contribution is -2.40. The summed E-state index contributed by atoms with van der Waals surface area (Å²) in [5.74, 6) is 4.23. The Bertz CT molecular complexity index is 630. The van der Waals surface area contributed by atoms with Crippen molar-refractivity contribution < 1.29 is 14.3 Å². The predicted molar refractivity (Wildman–Crippen MR) is 142 cm³/mol. The smallest absolute Gasteiger partial charge is 0.434 e. The van der Waals surface area contributed by atoms with E-state index in [9.17, 15) is 4.79 Å². The minimum Gasteiger partial charge on any atom is -0.434 e. The molecule has 3 aliphatic rings. The molecule has 0 aromatic heterocycles. The zero-order chi connectivity index (χ0) is 24.8. The third kappa shape index (κ3) is 6.94. The molecule has 3 aliphatic carbocycles. The molecule has 0 amide bonds. The minimum absolute atomic E-state index is 0.0539. The van der Waals surface area contributed by atoms with Crippen LogP contribution in [0.5, 0.6) is 0 Å². The highest BCUT2D eigenvalue weighted by molar-refractivity contribution is 5.60. The van der Waals surface area contributed by atoms with Gasteiger partial charge in [-0.2, -0.15) is 0 Å². The quantitative estimate of drug-likeness (QED) is 0.327. The van der Waals surface area contributed by atoms with E-state index in [4.69, 9.17) is 9.47 Å². The number of hydrogen-bond donors (Lipinski definition) is 0. The lowest BCUT2D eigenvalue weighted by atomic mass is 9.59. The van der Waals surface area contributed by atoms with E-state index in [2.05, 4.69) is 34.6 Å². The summed E-state index contributed by atoms with van der Waals surface area (Å²) in [5, 5.41) is 0. The van der Waals surface area contributed by atoms with Gasteiger partial charge in [-0.25, -0.2) is 4.79 Å². The van der Waals surface area contributed by atoms with E-state index in [-0.39, 0.29) is 6.10 Å². The maximum Gasteiger partial charge on any atom is 0.508 e. The average Bonchev–Trinajstić information content (AvgIpc) is 3.10. The van der Waals surface area contributed by atoms with Gasteiger partial charge in [0.1, 0.15) is 6.10 Å². The summed E-state index contributed by atoms with van der Waals surface area (Å²) in [4.78, 5) is 12.0. The van der Waals surface area contributed by atoms with Crippen molar-refractivity contribution in [2.24, 2.45) is 40.4 Å². The van der Waals surface area contributed by atoms with Gasteiger partial charge in [0.25, 0.3) is 0 Å². The molecule has 0 heterocycles. The highest BCUT2D eigenvalue weighted by Crippen LogP contribution is 2.58. The largest absolute Gasteiger partial charge is 0.508 e. The molecule has 0 spiro atoms. The van der Waals surface area contributed by atoms with E-state index in [1.807, 2.05) is 6.92 Å². The molecule has 3 heteroatoms. The first-order valence-corrected chi connectivity index (χ1v) is 15.0. The fourth-order valence-corrected chi connectivity index (χ4v) is 8.35. The van der Waals surface area contributed by atoms with E-state index in [1.165, 1.54) is 77.0 Å². The number of rotatable bonds is 8. The molecule has 3 rings (SSSR count). The van der Waals surface area contributed by atoms with E-state index in [0.29, 0.717) is 23.4 Å². The Morgan fingerprint density at radius 1 is 0.912 bits per heavy atom. The van der Waals surface area contributed by atoms with Crippen LogP contribution in [0.15, 0.2) is 0 Å². The van der Waals surface area contributed by atoms with Gasteiger partial charge >= 0.3 is 6.16 Å². The van der Waals surface area contributed by atoms with Crippen molar-refractivity contribution in [1.82, 2.24) is 0 Å². The van der Waals surface area contributed by atoms with Crippen LogP contribution in [0.1, 0.15) is 138 Å². The normalized spacial score (nSPS) is 37.5. The van der Waals surface area contributed by atoms with Gasteiger partial charge in [0, 0.05) is 0 Å². The van der Waals surface area contributed by atoms with Crippen molar-refractivity contribution in [3.63, 3.8) is 0 Å². The summed E-state index contributed by atoms with van der Waals surface area (Å²) < 4.78 is 10.9. The Hall–Kier alpha value is -0.730. The average molecular weight is 477 g/mol. The Kier molecular flexibility index (Phi) is 10.2. The topological polar surface area (TPSA) is 35.5 Å². The minimum atomic E-state index is -0.453. The molecule has 3 nitrogen and oxygen atoms in total. The monoisotopic (exact) mass is 476 g/mol. The van der Waals surface area contributed by atoms with E-state index in [1.54, 1.807) is 0 Å². The Labute approximate surface area is 211 Å². The van der Waals surface area contributed by atoms with Gasteiger partial charge < -0.3 is 9.47 Å². The lowest BCUT2D eigenvalue weighted by molar-refractivity contribution is -0.0370. The van der Waals surface area contributed by atoms with Gasteiger partial charge in [-0.1, -0.05) is 73.6 Å². The fraction of sp³-hybridized carbons (Fsp3) is 0.968. The van der Waals surface area contributed by atoms with Crippen LogP contribution in [0.3, 0.4) is 0 Å². The second-order valence-corrected chi connectivity index (χ2v) is 13.4. The van der Waals surface area contributed by atoms with Gasteiger partial charge in [0.2, 0.25) is 0 Å². The van der Waals surface area contributed by atoms with Crippen LogP contribution < -0.4 is 0 Å². The van der Waals surface area contributed by atoms with Crippen molar-refractivity contribution in [3.8, 4) is 0 Å². The third-order valence-corrected chi connectivity index (χ3v) is 10.6. The summed E-state index contributed by atoms with van der Waals surface area (Å²) in [7, 11) is 0. The molecule has 0 aromatic rings. The van der Waals surface area contributed by atoms with E-state index >= 15 is 0 Å². The summed E-state index contributed by atoms with van der Waals surface area (Å²) >= 11 is 0. The van der Waals surface area contributed by atoms with Crippen LogP contribution in [0.2, 0.25) is 0 Å². The molecular formula is C31H56O3. The van der Waals surface area contributed by atoms with Crippen LogP contribution in [-0.4, -0.2) is 18.9 Å². The molecule has 0 saturated heterocycles. The first-order valence-electron chi connectivity index (χ1n) is 15.0. The van der Waals surface area contributed by atoms with E-state index < -0.39 is 6.16 Å². The van der Waals surface area contributed by atoms with Crippen molar-refractivity contribution in [1.29, 1.82) is 0 Å². The Morgan fingerprint density at radius 3 is 2.41 bits per heavy atom. The summed E-state index contributed by atoms with van der Waals surface area (Å²) in [6.07, 6.45) is 19.0. The number of carbonyl (C=O) groups excluding carboxylic acids is 1. The summed E-state index contributed by atoms with van der Waals surface area (Å²) in [6, 6.07) is 0. The highest BCUT2D eigenvalue weighted by Gasteiger charge is 2.49. The summed E-state index contributed by atoms with van der Waals surface area (Å²) in [6.45, 7) is 15.0. The maximum absolute atomic E-state index is 12.0. The lowest BCUT2D eigenvalue weighted by Gasteiger charge is -2.47. The molecule has 7 unspecified atom stereocenters. The number of hydrogen-bond acceptors (Lipinski definition) is 3. The SMILES string of the molecule is CCCOC(=O)OC1CCC2(C)CCCC3(C)C(CCCC2C1)CCC3C(C)CCCC(C)C. The molecule has 3 fully saturated rings. The van der Waals surface area contributed by atoms with Crippen LogP contribution >= 0.6 is 0 Å². The molecule has 0 aliphatic heterocycles. The molecule has 0 N–H and O–H groups in total. The zero-order valence-corrected chi connectivity index (χ0v) is 23.5. The first kappa shape index (κ1) is 27.9. The Balaban J connectivity index is 1.59. The highest BCUT2D eigenvalue weighted by atomic mass is 16.7. The molecule has 34 heavy (non-hydrogen) atoms. The second kappa shape index (κ2) is 12.5. The van der Waals surface area contributed by atoms with Crippen LogP contribution in [0.25, 0.3) is 0 Å². The van der Waals surface area contributed by atoms with E-state index in [0.717, 1.165) is 42.9 Å². The number of carbonyl (C=O) groups is 1. The van der Waals surface area contributed by atoms with Gasteiger partial charge in [-0.05, 0) is 105 Å². The summed E-state index contributed by atoms with van der Waals surface area (Å²) in [5.41, 5.74) is 0.956. The zero-order valence-electron chi connectivity index (χ0n) is 23.5. The standard InChI is InChI=1S/C31H56O3/c1-7-21-33-29(32)34-27-17-20-30(5)18-10-19-31(6)25(13-9-14-26(30)22-27)15-16-28(31)24(4)12-8-11-23(2)3/h23-28H,7-22H2,1-6H3. The van der Waals surface area contributed by atoms with Crippen molar-refractivity contribution in [3.05, 3.63) is 0 Å². The fourth-order valence-electron chi connectivity index (χ4n) is 8.35. The molecule has 0 bridgehead atoms. The first-order chi connectivity index (χ1) is 16.2. The number of ether oxygens (including phenoxy) is 2. The van der Waals surface area contributed by atoms with Crippen molar-refractivity contribution >= 4 is 6.16 Å². The van der Waals surface area contributed by atoms with Crippen molar-refractivity contribution in [2.75, 3.05) is 6.61 Å². The third-order valence-electron chi connectivity index (χ3n) is 10.6. The maximum atomic E-state index is 12.0. The molecule has 0 radical (unpaired) electrons. The van der Waals surface area contributed by atoms with Gasteiger partial charge in [-0.3, -0.25) is 0 Å². The van der Waals surface area contributed by atoms with Crippen LogP contribution in [0, 0.1) is 40.4 Å². The van der Waals surface area contributed by atoms with Gasteiger partial charge in [0.15, 0.2) is 0 Å². The number of fused-ring (bicyclic) bond motifs is 2. The van der Waals surface area contributed by atoms with Gasteiger partial charge in [0.05, 0.1) is 6.61 Å². The van der Waals surface area contributed by atoms with Crippen LogP contribution in [-0.2, 0) is 9.47 Å². The molecular weight excluding hydrogens is 420 g/mol.